The zero-order valence-corrected chi connectivity index (χ0v) is 15.1. The van der Waals surface area contributed by atoms with Gasteiger partial charge >= 0.3 is 0 Å². The molecule has 0 aliphatic heterocycles. The summed E-state index contributed by atoms with van der Waals surface area (Å²) in [6.45, 7) is 6.60. The van der Waals surface area contributed by atoms with Crippen molar-refractivity contribution in [1.82, 2.24) is 4.90 Å². The molecule has 3 nitrogen and oxygen atoms in total. The van der Waals surface area contributed by atoms with E-state index < -0.39 is 6.10 Å². The summed E-state index contributed by atoms with van der Waals surface area (Å²) in [6, 6.07) is 16.8. The second-order valence-corrected chi connectivity index (χ2v) is 6.83. The minimum atomic E-state index is -0.603. The van der Waals surface area contributed by atoms with Crippen molar-refractivity contribution < 1.29 is 14.2 Å². The van der Waals surface area contributed by atoms with Crippen LogP contribution in [0.3, 0.4) is 0 Å². The summed E-state index contributed by atoms with van der Waals surface area (Å²) in [5, 5.41) is 10.3. The smallest absolute Gasteiger partial charge is 0.127 e. The van der Waals surface area contributed by atoms with E-state index in [0.29, 0.717) is 44.3 Å². The van der Waals surface area contributed by atoms with E-state index in [9.17, 15) is 9.50 Å². The molecule has 1 atom stereocenters. The first-order chi connectivity index (χ1) is 12.0. The second kappa shape index (κ2) is 10.3. The lowest BCUT2D eigenvalue weighted by Gasteiger charge is -2.25. The highest BCUT2D eigenvalue weighted by Crippen LogP contribution is 2.14. The van der Waals surface area contributed by atoms with Gasteiger partial charge in [-0.15, -0.1) is 0 Å². The van der Waals surface area contributed by atoms with Crippen LogP contribution >= 0.6 is 0 Å². The van der Waals surface area contributed by atoms with E-state index in [-0.39, 0.29) is 5.82 Å². The Morgan fingerprint density at radius 1 is 0.960 bits per heavy atom. The molecule has 2 aromatic carbocycles. The third kappa shape index (κ3) is 7.34. The maximum absolute atomic E-state index is 14.0. The van der Waals surface area contributed by atoms with E-state index >= 15 is 0 Å². The maximum Gasteiger partial charge on any atom is 0.127 e. The summed E-state index contributed by atoms with van der Waals surface area (Å²) in [6.07, 6.45) is -0.603. The van der Waals surface area contributed by atoms with E-state index in [0.717, 1.165) is 5.56 Å². The Morgan fingerprint density at radius 3 is 2.32 bits per heavy atom. The molecule has 1 N–H and O–H groups in total. The normalized spacial score (nSPS) is 12.7. The highest BCUT2D eigenvalue weighted by atomic mass is 19.1. The Balaban J connectivity index is 2.00. The molecule has 0 saturated heterocycles. The van der Waals surface area contributed by atoms with Gasteiger partial charge in [-0.1, -0.05) is 62.4 Å². The molecule has 0 fully saturated rings. The molecule has 0 spiro atoms. The van der Waals surface area contributed by atoms with E-state index in [1.54, 1.807) is 12.1 Å². The van der Waals surface area contributed by atoms with Crippen LogP contribution in [0.15, 0.2) is 54.6 Å². The standard InChI is InChI=1S/C21H28FNO2/c1-17(2)15-25-16-20(24)14-23(12-18-8-4-3-5-9-18)13-19-10-6-7-11-21(19)22/h3-11,17,20,24H,12-16H2,1-2H3/t20-/m0/s1. The second-order valence-electron chi connectivity index (χ2n) is 6.83. The van der Waals surface area contributed by atoms with Gasteiger partial charge in [0.25, 0.3) is 0 Å². The average Bonchev–Trinajstić information content (AvgIpc) is 2.57. The first-order valence-electron chi connectivity index (χ1n) is 8.80. The Hall–Kier alpha value is -1.75. The van der Waals surface area contributed by atoms with Crippen molar-refractivity contribution in [1.29, 1.82) is 0 Å². The molecule has 0 amide bonds. The molecule has 4 heteroatoms. The molecular weight excluding hydrogens is 317 g/mol. The number of rotatable bonds is 10. The van der Waals surface area contributed by atoms with Gasteiger partial charge in [-0.2, -0.15) is 0 Å². The maximum atomic E-state index is 14.0. The van der Waals surface area contributed by atoms with E-state index in [1.807, 2.05) is 36.4 Å². The van der Waals surface area contributed by atoms with E-state index in [2.05, 4.69) is 18.7 Å². The number of benzene rings is 2. The zero-order chi connectivity index (χ0) is 18.1. The van der Waals surface area contributed by atoms with Gasteiger partial charge in [0, 0.05) is 31.8 Å². The molecule has 0 unspecified atom stereocenters. The summed E-state index contributed by atoms with van der Waals surface area (Å²) in [4.78, 5) is 2.05. The number of aliphatic hydroxyl groups is 1. The highest BCUT2D eigenvalue weighted by molar-refractivity contribution is 5.18. The molecule has 2 rings (SSSR count). The topological polar surface area (TPSA) is 32.7 Å². The summed E-state index contributed by atoms with van der Waals surface area (Å²) in [5.41, 5.74) is 1.77. The van der Waals surface area contributed by atoms with Gasteiger partial charge in [0.2, 0.25) is 0 Å². The van der Waals surface area contributed by atoms with Crippen LogP contribution in [0, 0.1) is 11.7 Å². The van der Waals surface area contributed by atoms with E-state index in [4.69, 9.17) is 4.74 Å². The lowest BCUT2D eigenvalue weighted by molar-refractivity contribution is 0.00539. The Labute approximate surface area is 150 Å². The third-order valence-corrected chi connectivity index (χ3v) is 3.83. The van der Waals surface area contributed by atoms with Gasteiger partial charge in [0.1, 0.15) is 5.82 Å². The number of halogens is 1. The van der Waals surface area contributed by atoms with Crippen molar-refractivity contribution in [3.8, 4) is 0 Å². The van der Waals surface area contributed by atoms with Crippen LogP contribution in [0.4, 0.5) is 4.39 Å². The fraction of sp³-hybridized carbons (Fsp3) is 0.429. The molecule has 0 aromatic heterocycles. The summed E-state index contributed by atoms with van der Waals surface area (Å²) >= 11 is 0. The van der Waals surface area contributed by atoms with Crippen molar-refractivity contribution in [3.63, 3.8) is 0 Å². The van der Waals surface area contributed by atoms with Crippen molar-refractivity contribution in [2.75, 3.05) is 19.8 Å². The van der Waals surface area contributed by atoms with Crippen molar-refractivity contribution >= 4 is 0 Å². The van der Waals surface area contributed by atoms with Crippen LogP contribution in [-0.2, 0) is 17.8 Å². The lowest BCUT2D eigenvalue weighted by atomic mass is 10.1. The van der Waals surface area contributed by atoms with Gasteiger partial charge in [-0.05, 0) is 17.5 Å². The van der Waals surface area contributed by atoms with Crippen LogP contribution < -0.4 is 0 Å². The summed E-state index contributed by atoms with van der Waals surface area (Å²) in [5.74, 6) is 0.220. The molecule has 0 radical (unpaired) electrons. The summed E-state index contributed by atoms with van der Waals surface area (Å²) in [7, 11) is 0. The predicted molar refractivity (Wildman–Crippen MR) is 98.6 cm³/mol. The summed E-state index contributed by atoms with van der Waals surface area (Å²) < 4.78 is 19.5. The molecule has 0 heterocycles. The van der Waals surface area contributed by atoms with Crippen molar-refractivity contribution in [2.24, 2.45) is 5.92 Å². The van der Waals surface area contributed by atoms with Gasteiger partial charge in [-0.3, -0.25) is 4.90 Å². The molecule has 2 aromatic rings. The van der Waals surface area contributed by atoms with Crippen LogP contribution in [0.2, 0.25) is 0 Å². The number of nitrogens with zero attached hydrogens (tertiary/aromatic N) is 1. The largest absolute Gasteiger partial charge is 0.389 e. The number of aliphatic hydroxyl groups excluding tert-OH is 1. The lowest BCUT2D eigenvalue weighted by Crippen LogP contribution is -2.34. The molecule has 136 valence electrons. The Morgan fingerprint density at radius 2 is 1.64 bits per heavy atom. The highest BCUT2D eigenvalue weighted by Gasteiger charge is 2.15. The molecule has 0 saturated carbocycles. The average molecular weight is 345 g/mol. The number of ether oxygens (including phenoxy) is 1. The zero-order valence-electron chi connectivity index (χ0n) is 15.1. The monoisotopic (exact) mass is 345 g/mol. The van der Waals surface area contributed by atoms with Gasteiger partial charge < -0.3 is 9.84 Å². The quantitative estimate of drug-likeness (QED) is 0.710. The number of hydrogen-bond donors (Lipinski definition) is 1. The van der Waals surface area contributed by atoms with Crippen LogP contribution in [0.5, 0.6) is 0 Å². The minimum Gasteiger partial charge on any atom is -0.389 e. The first-order valence-corrected chi connectivity index (χ1v) is 8.80. The molecule has 0 bridgehead atoms. The molecule has 0 aliphatic rings. The predicted octanol–water partition coefficient (Wildman–Crippen LogP) is 3.86. The molecule has 25 heavy (non-hydrogen) atoms. The molecule has 0 aliphatic carbocycles. The van der Waals surface area contributed by atoms with Gasteiger partial charge in [0.15, 0.2) is 0 Å². The third-order valence-electron chi connectivity index (χ3n) is 3.83. The van der Waals surface area contributed by atoms with Crippen molar-refractivity contribution in [2.45, 2.75) is 33.0 Å². The fourth-order valence-corrected chi connectivity index (χ4v) is 2.68. The molecular formula is C21H28FNO2. The minimum absolute atomic E-state index is 0.217. The van der Waals surface area contributed by atoms with Gasteiger partial charge in [0.05, 0.1) is 12.7 Å². The number of hydrogen-bond acceptors (Lipinski definition) is 3. The fourth-order valence-electron chi connectivity index (χ4n) is 2.68. The van der Waals surface area contributed by atoms with Gasteiger partial charge in [-0.25, -0.2) is 4.39 Å². The Kier molecular flexibility index (Phi) is 8.06. The van der Waals surface area contributed by atoms with Crippen LogP contribution in [0.25, 0.3) is 0 Å². The Bertz CT molecular complexity index is 618. The SMILES string of the molecule is CC(C)COC[C@@H](O)CN(Cc1ccccc1)Cc1ccccc1F. The van der Waals surface area contributed by atoms with Crippen molar-refractivity contribution in [3.05, 3.63) is 71.5 Å². The van der Waals surface area contributed by atoms with Crippen LogP contribution in [-0.4, -0.2) is 35.9 Å². The van der Waals surface area contributed by atoms with Crippen LogP contribution in [0.1, 0.15) is 25.0 Å². The first kappa shape index (κ1) is 19.6. The van der Waals surface area contributed by atoms with E-state index in [1.165, 1.54) is 6.07 Å².